The fourth-order valence-corrected chi connectivity index (χ4v) is 3.21. The molecule has 1 atom stereocenters. The van der Waals surface area contributed by atoms with Gasteiger partial charge in [-0.25, -0.2) is 0 Å². The predicted octanol–water partition coefficient (Wildman–Crippen LogP) is 2.03. The molecule has 1 aromatic carbocycles. The first-order valence-electron chi connectivity index (χ1n) is 10.1. The smallest absolute Gasteiger partial charge is 0.124 e. The number of hydrogen-bond acceptors (Lipinski definition) is 6. The highest BCUT2D eigenvalue weighted by atomic mass is 16.5. The molecule has 1 aromatic rings. The predicted molar refractivity (Wildman–Crippen MR) is 107 cm³/mol. The molecule has 0 aliphatic carbocycles. The number of benzene rings is 1. The number of methoxy groups -OCH3 is 1. The molecule has 2 rings (SSSR count). The van der Waals surface area contributed by atoms with E-state index >= 15 is 0 Å². The molecule has 6 heteroatoms. The molecular formula is C21H36N2O4. The summed E-state index contributed by atoms with van der Waals surface area (Å²) in [6.07, 6.45) is 1.93. The number of nitrogens with one attached hydrogen (secondary N) is 1. The van der Waals surface area contributed by atoms with Crippen LogP contribution in [-0.4, -0.2) is 67.2 Å². The van der Waals surface area contributed by atoms with E-state index in [-0.39, 0.29) is 12.7 Å². The van der Waals surface area contributed by atoms with Gasteiger partial charge in [0.1, 0.15) is 24.2 Å². The summed E-state index contributed by atoms with van der Waals surface area (Å²) < 4.78 is 11.2. The molecule has 1 fully saturated rings. The van der Waals surface area contributed by atoms with Crippen LogP contribution in [0.4, 0.5) is 0 Å². The average molecular weight is 381 g/mol. The minimum absolute atomic E-state index is 0.195. The van der Waals surface area contributed by atoms with Crippen molar-refractivity contribution in [1.29, 1.82) is 0 Å². The van der Waals surface area contributed by atoms with Crippen molar-refractivity contribution in [3.63, 3.8) is 0 Å². The zero-order chi connectivity index (χ0) is 19.6. The number of rotatable bonds is 11. The Morgan fingerprint density at radius 2 is 2.00 bits per heavy atom. The fraction of sp³-hybridized carbons (Fsp3) is 0.714. The second-order valence-electron chi connectivity index (χ2n) is 7.83. The van der Waals surface area contributed by atoms with E-state index in [1.54, 1.807) is 7.11 Å². The SMILES string of the molecule is COc1ccc(OC[C@@H](O)CN2CCC(O)CC2)c(CNCCC(C)C)c1. The number of aliphatic hydroxyl groups excluding tert-OH is 2. The molecule has 27 heavy (non-hydrogen) atoms. The molecular weight excluding hydrogens is 344 g/mol. The maximum absolute atomic E-state index is 10.3. The van der Waals surface area contributed by atoms with E-state index in [2.05, 4.69) is 24.1 Å². The van der Waals surface area contributed by atoms with E-state index in [0.29, 0.717) is 19.0 Å². The number of ether oxygens (including phenoxy) is 2. The van der Waals surface area contributed by atoms with Crippen LogP contribution in [0, 0.1) is 5.92 Å². The fourth-order valence-electron chi connectivity index (χ4n) is 3.21. The van der Waals surface area contributed by atoms with Crippen LogP contribution >= 0.6 is 0 Å². The van der Waals surface area contributed by atoms with Gasteiger partial charge >= 0.3 is 0 Å². The molecule has 1 aliphatic heterocycles. The largest absolute Gasteiger partial charge is 0.497 e. The van der Waals surface area contributed by atoms with Crippen molar-refractivity contribution in [2.75, 3.05) is 39.9 Å². The van der Waals surface area contributed by atoms with Gasteiger partial charge in [0, 0.05) is 31.7 Å². The van der Waals surface area contributed by atoms with Crippen molar-refractivity contribution >= 4 is 0 Å². The van der Waals surface area contributed by atoms with E-state index in [1.807, 2.05) is 18.2 Å². The third kappa shape index (κ3) is 8.05. The Morgan fingerprint density at radius 1 is 1.26 bits per heavy atom. The number of piperidine rings is 1. The minimum atomic E-state index is -0.552. The molecule has 0 spiro atoms. The van der Waals surface area contributed by atoms with Crippen molar-refractivity contribution in [1.82, 2.24) is 10.2 Å². The Labute approximate surface area is 163 Å². The van der Waals surface area contributed by atoms with E-state index < -0.39 is 6.10 Å². The Hall–Kier alpha value is -1.34. The maximum Gasteiger partial charge on any atom is 0.124 e. The Bertz CT molecular complexity index is 545. The molecule has 0 radical (unpaired) electrons. The highest BCUT2D eigenvalue weighted by Crippen LogP contribution is 2.24. The highest BCUT2D eigenvalue weighted by Gasteiger charge is 2.19. The number of β-amino-alcohol motifs (C(OH)–C–C–N with tert-alkyl or cyclic N) is 1. The van der Waals surface area contributed by atoms with Gasteiger partial charge < -0.3 is 29.9 Å². The Balaban J connectivity index is 1.84. The summed E-state index contributed by atoms with van der Waals surface area (Å²) in [7, 11) is 1.66. The van der Waals surface area contributed by atoms with Crippen molar-refractivity contribution in [2.45, 2.75) is 51.9 Å². The van der Waals surface area contributed by atoms with E-state index in [9.17, 15) is 10.2 Å². The van der Waals surface area contributed by atoms with Gasteiger partial charge in [-0.2, -0.15) is 0 Å². The van der Waals surface area contributed by atoms with Crippen LogP contribution in [0.25, 0.3) is 0 Å². The number of likely N-dealkylation sites (tertiary alicyclic amines) is 1. The second-order valence-corrected chi connectivity index (χ2v) is 7.83. The van der Waals surface area contributed by atoms with Crippen LogP contribution in [0.1, 0.15) is 38.7 Å². The molecule has 6 nitrogen and oxygen atoms in total. The number of hydrogen-bond donors (Lipinski definition) is 3. The van der Waals surface area contributed by atoms with Gasteiger partial charge in [-0.15, -0.1) is 0 Å². The lowest BCUT2D eigenvalue weighted by Gasteiger charge is -2.31. The molecule has 0 amide bonds. The van der Waals surface area contributed by atoms with Crippen LogP contribution < -0.4 is 14.8 Å². The van der Waals surface area contributed by atoms with Crippen molar-refractivity contribution in [2.24, 2.45) is 5.92 Å². The molecule has 0 unspecified atom stereocenters. The van der Waals surface area contributed by atoms with Gasteiger partial charge in [-0.1, -0.05) is 13.8 Å². The van der Waals surface area contributed by atoms with Gasteiger partial charge in [-0.05, 0) is 49.9 Å². The second kappa shape index (κ2) is 11.5. The molecule has 1 saturated heterocycles. The molecule has 1 aliphatic rings. The minimum Gasteiger partial charge on any atom is -0.497 e. The Kier molecular flexibility index (Phi) is 9.34. The lowest BCUT2D eigenvalue weighted by Crippen LogP contribution is -2.41. The van der Waals surface area contributed by atoms with Crippen LogP contribution in [-0.2, 0) is 6.54 Å². The average Bonchev–Trinajstić information content (AvgIpc) is 2.65. The summed E-state index contributed by atoms with van der Waals surface area (Å²) in [6, 6.07) is 5.77. The lowest BCUT2D eigenvalue weighted by atomic mass is 10.1. The van der Waals surface area contributed by atoms with E-state index in [0.717, 1.165) is 56.0 Å². The highest BCUT2D eigenvalue weighted by molar-refractivity contribution is 5.40. The molecule has 0 bridgehead atoms. The standard InChI is InChI=1S/C21H36N2O4/c1-16(2)6-9-22-13-17-12-20(26-3)4-5-21(17)27-15-19(25)14-23-10-7-18(24)8-11-23/h4-5,12,16,18-19,22,24-25H,6-11,13-15H2,1-3H3/t19-/m0/s1. The summed E-state index contributed by atoms with van der Waals surface area (Å²) in [5, 5.41) is 23.4. The summed E-state index contributed by atoms with van der Waals surface area (Å²) in [5.74, 6) is 2.25. The maximum atomic E-state index is 10.3. The topological polar surface area (TPSA) is 74.2 Å². The molecule has 1 heterocycles. The monoisotopic (exact) mass is 380 g/mol. The summed E-state index contributed by atoms with van der Waals surface area (Å²) in [5.41, 5.74) is 1.03. The van der Waals surface area contributed by atoms with Crippen LogP contribution in [0.3, 0.4) is 0 Å². The molecule has 154 valence electrons. The summed E-state index contributed by atoms with van der Waals surface area (Å²) in [6.45, 7) is 8.57. The van der Waals surface area contributed by atoms with Gasteiger partial charge in [-0.3, -0.25) is 0 Å². The van der Waals surface area contributed by atoms with Crippen LogP contribution in [0.5, 0.6) is 11.5 Å². The first kappa shape index (κ1) is 22.0. The van der Waals surface area contributed by atoms with Crippen LogP contribution in [0.15, 0.2) is 18.2 Å². The zero-order valence-electron chi connectivity index (χ0n) is 17.0. The van der Waals surface area contributed by atoms with Gasteiger partial charge in [0.25, 0.3) is 0 Å². The van der Waals surface area contributed by atoms with Gasteiger partial charge in [0.05, 0.1) is 13.2 Å². The number of aliphatic hydroxyl groups is 2. The van der Waals surface area contributed by atoms with E-state index in [4.69, 9.17) is 9.47 Å². The molecule has 3 N–H and O–H groups in total. The normalized spacial score (nSPS) is 17.3. The van der Waals surface area contributed by atoms with E-state index in [1.165, 1.54) is 0 Å². The van der Waals surface area contributed by atoms with Crippen molar-refractivity contribution < 1.29 is 19.7 Å². The zero-order valence-corrected chi connectivity index (χ0v) is 17.0. The number of nitrogens with zero attached hydrogens (tertiary/aromatic N) is 1. The quantitative estimate of drug-likeness (QED) is 0.510. The third-order valence-electron chi connectivity index (χ3n) is 4.94. The van der Waals surface area contributed by atoms with Gasteiger partial charge in [0.15, 0.2) is 0 Å². The van der Waals surface area contributed by atoms with Crippen molar-refractivity contribution in [3.05, 3.63) is 23.8 Å². The third-order valence-corrected chi connectivity index (χ3v) is 4.94. The summed E-state index contributed by atoms with van der Waals surface area (Å²) >= 11 is 0. The van der Waals surface area contributed by atoms with Crippen LogP contribution in [0.2, 0.25) is 0 Å². The first-order chi connectivity index (χ1) is 13.0. The molecule has 0 aromatic heterocycles. The lowest BCUT2D eigenvalue weighted by molar-refractivity contribution is 0.0336. The summed E-state index contributed by atoms with van der Waals surface area (Å²) in [4.78, 5) is 2.18. The first-order valence-corrected chi connectivity index (χ1v) is 10.1. The Morgan fingerprint density at radius 3 is 2.67 bits per heavy atom. The van der Waals surface area contributed by atoms with Gasteiger partial charge in [0.2, 0.25) is 0 Å². The van der Waals surface area contributed by atoms with Crippen molar-refractivity contribution in [3.8, 4) is 11.5 Å². The molecule has 0 saturated carbocycles.